The molecule has 4 heteroatoms. The fourth-order valence-electron chi connectivity index (χ4n) is 2.33. The third-order valence-electron chi connectivity index (χ3n) is 3.44. The monoisotopic (exact) mass is 273 g/mol. The zero-order chi connectivity index (χ0) is 14.4. The Hall–Kier alpha value is -1.97. The number of nitrogens with zero attached hydrogens (tertiary/aromatic N) is 1. The van der Waals surface area contributed by atoms with Crippen molar-refractivity contribution in [1.82, 2.24) is 9.97 Å². The number of hydrogen-bond acceptors (Lipinski definition) is 3. The molecule has 1 aromatic heterocycles. The van der Waals surface area contributed by atoms with Gasteiger partial charge in [-0.1, -0.05) is 26.2 Å². The first kappa shape index (κ1) is 14.4. The lowest BCUT2D eigenvalue weighted by molar-refractivity contribution is 0.415. The molecule has 0 atom stereocenters. The molecule has 108 valence electrons. The van der Waals surface area contributed by atoms with E-state index in [1.165, 1.54) is 19.3 Å². The molecule has 0 radical (unpaired) electrons. The average Bonchev–Trinajstić information content (AvgIpc) is 2.85. The van der Waals surface area contributed by atoms with Crippen molar-refractivity contribution in [1.29, 1.82) is 0 Å². The molecule has 0 aliphatic heterocycles. The molecule has 3 N–H and O–H groups in total. The van der Waals surface area contributed by atoms with Gasteiger partial charge in [-0.3, -0.25) is 0 Å². The highest BCUT2D eigenvalue weighted by molar-refractivity contribution is 5.64. The number of anilines is 1. The van der Waals surface area contributed by atoms with Gasteiger partial charge < -0.3 is 15.5 Å². The predicted octanol–water partition coefficient (Wildman–Crippen LogP) is 3.79. The van der Waals surface area contributed by atoms with Crippen molar-refractivity contribution in [2.75, 3.05) is 12.8 Å². The van der Waals surface area contributed by atoms with E-state index in [9.17, 15) is 0 Å². The van der Waals surface area contributed by atoms with Crippen LogP contribution in [0.5, 0.6) is 5.75 Å². The van der Waals surface area contributed by atoms with E-state index >= 15 is 0 Å². The van der Waals surface area contributed by atoms with Gasteiger partial charge in [0.2, 0.25) is 0 Å². The molecule has 1 aromatic carbocycles. The van der Waals surface area contributed by atoms with Gasteiger partial charge in [0, 0.05) is 5.56 Å². The van der Waals surface area contributed by atoms with Crippen molar-refractivity contribution >= 4 is 5.95 Å². The van der Waals surface area contributed by atoms with Crippen LogP contribution in [0, 0.1) is 0 Å². The van der Waals surface area contributed by atoms with Crippen molar-refractivity contribution in [3.63, 3.8) is 0 Å². The molecule has 0 saturated heterocycles. The summed E-state index contributed by atoms with van der Waals surface area (Å²) in [6, 6.07) is 7.96. The summed E-state index contributed by atoms with van der Waals surface area (Å²) in [5, 5.41) is 0. The van der Waals surface area contributed by atoms with Crippen molar-refractivity contribution in [2.24, 2.45) is 0 Å². The summed E-state index contributed by atoms with van der Waals surface area (Å²) in [5.74, 6) is 1.34. The summed E-state index contributed by atoms with van der Waals surface area (Å²) < 4.78 is 5.18. The molecular formula is C16H23N3O. The van der Waals surface area contributed by atoms with Crippen LogP contribution in [-0.2, 0) is 6.42 Å². The normalized spacial score (nSPS) is 10.7. The standard InChI is InChI=1S/C16H23N3O/c1-3-4-5-6-7-14-15(19-16(17)18-14)12-8-10-13(20-2)11-9-12/h8-11H,3-7H2,1-2H3,(H3,17,18,19). The number of ether oxygens (including phenoxy) is 1. The maximum atomic E-state index is 5.81. The fraction of sp³-hybridized carbons (Fsp3) is 0.438. The number of nitrogen functional groups attached to an aromatic ring is 1. The van der Waals surface area contributed by atoms with Crippen molar-refractivity contribution in [3.05, 3.63) is 30.0 Å². The Labute approximate surface area is 120 Å². The molecule has 2 rings (SSSR count). The molecular weight excluding hydrogens is 250 g/mol. The third-order valence-corrected chi connectivity index (χ3v) is 3.44. The number of nitrogens with one attached hydrogen (secondary N) is 1. The minimum Gasteiger partial charge on any atom is -0.497 e. The molecule has 0 saturated carbocycles. The molecule has 0 aliphatic carbocycles. The molecule has 20 heavy (non-hydrogen) atoms. The molecule has 0 aliphatic rings. The molecule has 1 heterocycles. The quantitative estimate of drug-likeness (QED) is 0.754. The van der Waals surface area contributed by atoms with Crippen LogP contribution < -0.4 is 10.5 Å². The van der Waals surface area contributed by atoms with Gasteiger partial charge in [0.25, 0.3) is 0 Å². The Bertz CT molecular complexity index is 531. The topological polar surface area (TPSA) is 63.9 Å². The first-order chi connectivity index (χ1) is 9.74. The molecule has 0 spiro atoms. The number of nitrogens with two attached hydrogens (primary N) is 1. The molecule has 2 aromatic rings. The number of H-pyrrole nitrogens is 1. The first-order valence-corrected chi connectivity index (χ1v) is 7.23. The Morgan fingerprint density at radius 3 is 2.55 bits per heavy atom. The van der Waals surface area contributed by atoms with E-state index < -0.39 is 0 Å². The summed E-state index contributed by atoms with van der Waals surface area (Å²) in [6.45, 7) is 2.22. The zero-order valence-corrected chi connectivity index (χ0v) is 12.3. The van der Waals surface area contributed by atoms with Crippen LogP contribution in [0.1, 0.15) is 38.3 Å². The molecule has 0 fully saturated rings. The predicted molar refractivity (Wildman–Crippen MR) is 82.8 cm³/mol. The second-order valence-electron chi connectivity index (χ2n) is 4.98. The van der Waals surface area contributed by atoms with Crippen molar-refractivity contribution in [2.45, 2.75) is 39.0 Å². The maximum absolute atomic E-state index is 5.81. The number of rotatable bonds is 7. The van der Waals surface area contributed by atoms with Crippen LogP contribution in [0.2, 0.25) is 0 Å². The number of aromatic nitrogens is 2. The van der Waals surface area contributed by atoms with Crippen LogP contribution in [-0.4, -0.2) is 17.1 Å². The lowest BCUT2D eigenvalue weighted by Crippen LogP contribution is -1.91. The van der Waals surface area contributed by atoms with Crippen LogP contribution in [0.25, 0.3) is 11.3 Å². The molecule has 4 nitrogen and oxygen atoms in total. The van der Waals surface area contributed by atoms with Gasteiger partial charge in [0.1, 0.15) is 5.75 Å². The number of methoxy groups -OCH3 is 1. The van der Waals surface area contributed by atoms with E-state index in [0.717, 1.165) is 35.5 Å². The highest BCUT2D eigenvalue weighted by Gasteiger charge is 2.10. The van der Waals surface area contributed by atoms with E-state index in [1.807, 2.05) is 24.3 Å². The highest BCUT2D eigenvalue weighted by atomic mass is 16.5. The molecule has 0 unspecified atom stereocenters. The second kappa shape index (κ2) is 6.98. The number of imidazole rings is 1. The van der Waals surface area contributed by atoms with Crippen molar-refractivity contribution < 1.29 is 4.74 Å². The van der Waals surface area contributed by atoms with Gasteiger partial charge in [-0.15, -0.1) is 0 Å². The summed E-state index contributed by atoms with van der Waals surface area (Å²) in [6.07, 6.45) is 5.88. The average molecular weight is 273 g/mol. The first-order valence-electron chi connectivity index (χ1n) is 7.23. The van der Waals surface area contributed by atoms with Gasteiger partial charge >= 0.3 is 0 Å². The number of benzene rings is 1. The smallest absolute Gasteiger partial charge is 0.198 e. The van der Waals surface area contributed by atoms with E-state index in [-0.39, 0.29) is 0 Å². The Morgan fingerprint density at radius 2 is 1.90 bits per heavy atom. The van der Waals surface area contributed by atoms with E-state index in [1.54, 1.807) is 7.11 Å². The van der Waals surface area contributed by atoms with Crippen LogP contribution in [0.15, 0.2) is 24.3 Å². The Kier molecular flexibility index (Phi) is 5.04. The van der Waals surface area contributed by atoms with E-state index in [0.29, 0.717) is 5.95 Å². The summed E-state index contributed by atoms with van der Waals surface area (Å²) >= 11 is 0. The zero-order valence-electron chi connectivity index (χ0n) is 12.3. The van der Waals surface area contributed by atoms with Gasteiger partial charge in [-0.2, -0.15) is 0 Å². The SMILES string of the molecule is CCCCCCc1nc(N)[nH]c1-c1ccc(OC)cc1. The lowest BCUT2D eigenvalue weighted by Gasteiger charge is -2.04. The second-order valence-corrected chi connectivity index (χ2v) is 4.98. The van der Waals surface area contributed by atoms with Crippen LogP contribution in [0.4, 0.5) is 5.95 Å². The number of hydrogen-bond donors (Lipinski definition) is 2. The van der Waals surface area contributed by atoms with Gasteiger partial charge in [0.05, 0.1) is 18.5 Å². The fourth-order valence-corrected chi connectivity index (χ4v) is 2.33. The van der Waals surface area contributed by atoms with Gasteiger partial charge in [0.15, 0.2) is 5.95 Å². The highest BCUT2D eigenvalue weighted by Crippen LogP contribution is 2.26. The van der Waals surface area contributed by atoms with E-state index in [4.69, 9.17) is 10.5 Å². The maximum Gasteiger partial charge on any atom is 0.198 e. The minimum atomic E-state index is 0.487. The van der Waals surface area contributed by atoms with E-state index in [2.05, 4.69) is 16.9 Å². The number of unbranched alkanes of at least 4 members (excludes halogenated alkanes) is 3. The lowest BCUT2D eigenvalue weighted by atomic mass is 10.1. The number of aromatic amines is 1. The largest absolute Gasteiger partial charge is 0.497 e. The molecule has 0 bridgehead atoms. The Balaban J connectivity index is 2.13. The third kappa shape index (κ3) is 3.53. The molecule has 0 amide bonds. The number of aryl methyl sites for hydroxylation is 1. The van der Waals surface area contributed by atoms with Gasteiger partial charge in [-0.05, 0) is 37.1 Å². The van der Waals surface area contributed by atoms with Crippen LogP contribution >= 0.6 is 0 Å². The summed E-state index contributed by atoms with van der Waals surface area (Å²) in [5.41, 5.74) is 9.00. The van der Waals surface area contributed by atoms with Crippen molar-refractivity contribution in [3.8, 4) is 17.0 Å². The minimum absolute atomic E-state index is 0.487. The Morgan fingerprint density at radius 1 is 1.15 bits per heavy atom. The van der Waals surface area contributed by atoms with Crippen LogP contribution in [0.3, 0.4) is 0 Å². The summed E-state index contributed by atoms with van der Waals surface area (Å²) in [4.78, 5) is 7.58. The van der Waals surface area contributed by atoms with Gasteiger partial charge in [-0.25, -0.2) is 4.98 Å². The summed E-state index contributed by atoms with van der Waals surface area (Å²) in [7, 11) is 1.67.